The second-order valence-corrected chi connectivity index (χ2v) is 6.07. The lowest BCUT2D eigenvalue weighted by Crippen LogP contribution is -2.17. The van der Waals surface area contributed by atoms with Crippen molar-refractivity contribution in [2.24, 2.45) is 5.73 Å². The summed E-state index contributed by atoms with van der Waals surface area (Å²) in [5, 5.41) is 10.4. The summed E-state index contributed by atoms with van der Waals surface area (Å²) in [6.45, 7) is -0.168. The number of H-pyrrole nitrogens is 1. The smallest absolute Gasteiger partial charge is 0.213 e. The lowest BCUT2D eigenvalue weighted by molar-refractivity contribution is 0.274. The van der Waals surface area contributed by atoms with Gasteiger partial charge in [0.05, 0.1) is 25.5 Å². The van der Waals surface area contributed by atoms with E-state index in [9.17, 15) is 9.50 Å². The number of pyridine rings is 1. The van der Waals surface area contributed by atoms with Crippen molar-refractivity contribution in [3.63, 3.8) is 0 Å². The molecule has 0 saturated heterocycles. The Morgan fingerprint density at radius 1 is 1.38 bits per heavy atom. The van der Waals surface area contributed by atoms with Crippen LogP contribution in [0, 0.1) is 0 Å². The fourth-order valence-corrected chi connectivity index (χ4v) is 3.39. The molecule has 0 saturated carbocycles. The summed E-state index contributed by atoms with van der Waals surface area (Å²) in [4.78, 5) is 7.52. The Kier molecular flexibility index (Phi) is 3.51. The van der Waals surface area contributed by atoms with E-state index in [1.54, 1.807) is 12.1 Å². The van der Waals surface area contributed by atoms with E-state index in [0.29, 0.717) is 18.0 Å². The van der Waals surface area contributed by atoms with Gasteiger partial charge in [-0.1, -0.05) is 6.07 Å². The van der Waals surface area contributed by atoms with Gasteiger partial charge < -0.3 is 20.6 Å². The number of aliphatic hydroxyl groups excluding tert-OH is 1. The Morgan fingerprint density at radius 2 is 2.21 bits per heavy atom. The maximum atomic E-state index is 14.0. The van der Waals surface area contributed by atoms with E-state index in [-0.39, 0.29) is 6.61 Å². The summed E-state index contributed by atoms with van der Waals surface area (Å²) < 4.78 is 19.2. The second-order valence-electron chi connectivity index (χ2n) is 6.07. The van der Waals surface area contributed by atoms with Gasteiger partial charge >= 0.3 is 0 Å². The van der Waals surface area contributed by atoms with Gasteiger partial charge in [0, 0.05) is 34.6 Å². The number of alkyl halides is 1. The van der Waals surface area contributed by atoms with Gasteiger partial charge in [-0.05, 0) is 29.3 Å². The molecule has 0 radical (unpaired) electrons. The molecule has 4 rings (SSSR count). The molecule has 0 unspecified atom stereocenters. The van der Waals surface area contributed by atoms with Crippen molar-refractivity contribution in [1.29, 1.82) is 0 Å². The molecule has 2 aromatic heterocycles. The lowest BCUT2D eigenvalue weighted by atomic mass is 10.0. The minimum Gasteiger partial charge on any atom is -0.481 e. The number of nitrogens with two attached hydrogens (primary N) is 1. The van der Waals surface area contributed by atoms with Crippen molar-refractivity contribution in [1.82, 2.24) is 9.97 Å². The van der Waals surface area contributed by atoms with Crippen LogP contribution in [0.4, 0.5) is 4.39 Å². The third-order valence-electron chi connectivity index (χ3n) is 4.64. The van der Waals surface area contributed by atoms with Gasteiger partial charge in [0.1, 0.15) is 6.17 Å². The second kappa shape index (κ2) is 5.58. The van der Waals surface area contributed by atoms with Crippen LogP contribution < -0.4 is 10.5 Å². The number of hydrogen-bond donors (Lipinski definition) is 3. The number of rotatable bonds is 3. The van der Waals surface area contributed by atoms with Crippen molar-refractivity contribution in [2.45, 2.75) is 25.2 Å². The quantitative estimate of drug-likeness (QED) is 0.690. The predicted molar refractivity (Wildman–Crippen MR) is 89.5 cm³/mol. The van der Waals surface area contributed by atoms with Crippen LogP contribution in [0.5, 0.6) is 5.88 Å². The number of aromatic nitrogens is 2. The fraction of sp³-hybridized carbons (Fsp3) is 0.278. The van der Waals surface area contributed by atoms with Crippen LogP contribution in [0.2, 0.25) is 0 Å². The fourth-order valence-electron chi connectivity index (χ4n) is 3.39. The topological polar surface area (TPSA) is 84.2 Å². The molecule has 0 amide bonds. The van der Waals surface area contributed by atoms with E-state index >= 15 is 0 Å². The van der Waals surface area contributed by atoms with Crippen molar-refractivity contribution in [3.05, 3.63) is 47.2 Å². The summed E-state index contributed by atoms with van der Waals surface area (Å²) >= 11 is 0. The van der Waals surface area contributed by atoms with Gasteiger partial charge in [-0.25, -0.2) is 9.37 Å². The SMILES string of the molecule is COc1cc(-c2cc3c4c(ccc3[nH]2)[C@H](N)[C@H](F)C4)cc(CO)n1. The molecule has 2 atom stereocenters. The molecular weight excluding hydrogens is 309 g/mol. The third-order valence-corrected chi connectivity index (χ3v) is 4.64. The molecule has 5 nitrogen and oxygen atoms in total. The van der Waals surface area contributed by atoms with E-state index in [0.717, 1.165) is 33.3 Å². The van der Waals surface area contributed by atoms with Gasteiger partial charge in [0.15, 0.2) is 0 Å². The van der Waals surface area contributed by atoms with E-state index in [4.69, 9.17) is 10.5 Å². The lowest BCUT2D eigenvalue weighted by Gasteiger charge is -2.06. The highest BCUT2D eigenvalue weighted by Gasteiger charge is 2.31. The van der Waals surface area contributed by atoms with Crippen LogP contribution in [0.3, 0.4) is 0 Å². The molecule has 24 heavy (non-hydrogen) atoms. The number of aliphatic hydroxyl groups is 1. The van der Waals surface area contributed by atoms with E-state index in [1.165, 1.54) is 7.11 Å². The third kappa shape index (κ3) is 2.26. The number of ether oxygens (including phenoxy) is 1. The molecule has 6 heteroatoms. The minimum atomic E-state index is -1.04. The van der Waals surface area contributed by atoms with Crippen LogP contribution in [-0.2, 0) is 13.0 Å². The van der Waals surface area contributed by atoms with Crippen molar-refractivity contribution >= 4 is 10.9 Å². The summed E-state index contributed by atoms with van der Waals surface area (Å²) in [5.74, 6) is 0.436. The monoisotopic (exact) mass is 327 g/mol. The standard InChI is InChI=1S/C18H18FN3O2/c1-24-17-5-9(4-10(8-23)21-17)16-7-13-12-6-14(19)18(20)11(12)2-3-15(13)22-16/h2-5,7,14,18,22-23H,6,8,20H2,1H3/t14-,18+/m1/s1. The molecule has 0 fully saturated rings. The summed E-state index contributed by atoms with van der Waals surface area (Å²) in [5.41, 5.74) is 11.0. The maximum absolute atomic E-state index is 14.0. The highest BCUT2D eigenvalue weighted by Crippen LogP contribution is 2.38. The van der Waals surface area contributed by atoms with Gasteiger partial charge in [-0.2, -0.15) is 0 Å². The number of benzene rings is 1. The van der Waals surface area contributed by atoms with Crippen LogP contribution >= 0.6 is 0 Å². The largest absolute Gasteiger partial charge is 0.481 e. The van der Waals surface area contributed by atoms with Crippen LogP contribution in [-0.4, -0.2) is 28.4 Å². The zero-order valence-electron chi connectivity index (χ0n) is 13.2. The van der Waals surface area contributed by atoms with Crippen LogP contribution in [0.15, 0.2) is 30.3 Å². The molecule has 1 aliphatic rings. The molecule has 0 bridgehead atoms. The van der Waals surface area contributed by atoms with E-state index < -0.39 is 12.2 Å². The first-order valence-corrected chi connectivity index (χ1v) is 7.81. The minimum absolute atomic E-state index is 0.168. The Balaban J connectivity index is 1.86. The van der Waals surface area contributed by atoms with E-state index in [2.05, 4.69) is 9.97 Å². The first-order valence-electron chi connectivity index (χ1n) is 7.81. The number of hydrogen-bond acceptors (Lipinski definition) is 4. The first-order chi connectivity index (χ1) is 11.6. The average Bonchev–Trinajstić information content (AvgIpc) is 3.16. The van der Waals surface area contributed by atoms with Crippen LogP contribution in [0.1, 0.15) is 22.9 Å². The average molecular weight is 327 g/mol. The molecular formula is C18H18FN3O2. The molecule has 0 spiro atoms. The Hall–Kier alpha value is -2.44. The van der Waals surface area contributed by atoms with Crippen molar-refractivity contribution in [3.8, 4) is 17.1 Å². The number of aromatic amines is 1. The molecule has 3 aromatic rings. The predicted octanol–water partition coefficient (Wildman–Crippen LogP) is 2.62. The Morgan fingerprint density at radius 3 is 2.96 bits per heavy atom. The molecule has 2 heterocycles. The van der Waals surface area contributed by atoms with Crippen molar-refractivity contribution < 1.29 is 14.2 Å². The molecule has 4 N–H and O–H groups in total. The zero-order valence-corrected chi connectivity index (χ0v) is 13.2. The van der Waals surface area contributed by atoms with Gasteiger partial charge in [0.25, 0.3) is 0 Å². The molecule has 1 aromatic carbocycles. The van der Waals surface area contributed by atoms with Crippen molar-refractivity contribution in [2.75, 3.05) is 7.11 Å². The summed E-state index contributed by atoms with van der Waals surface area (Å²) in [7, 11) is 1.54. The number of methoxy groups -OCH3 is 1. The maximum Gasteiger partial charge on any atom is 0.213 e. The Bertz CT molecular complexity index is 900. The normalized spacial score (nSPS) is 19.7. The first kappa shape index (κ1) is 15.1. The summed E-state index contributed by atoms with van der Waals surface area (Å²) in [6, 6.07) is 8.87. The van der Waals surface area contributed by atoms with Gasteiger partial charge in [-0.15, -0.1) is 0 Å². The number of halogens is 1. The number of nitrogens with zero attached hydrogens (tertiary/aromatic N) is 1. The summed E-state index contributed by atoms with van der Waals surface area (Å²) in [6.07, 6.45) is -0.696. The van der Waals surface area contributed by atoms with E-state index in [1.807, 2.05) is 18.2 Å². The number of nitrogens with one attached hydrogen (secondary N) is 1. The number of fused-ring (bicyclic) bond motifs is 3. The highest BCUT2D eigenvalue weighted by molar-refractivity contribution is 5.90. The molecule has 1 aliphatic carbocycles. The zero-order chi connectivity index (χ0) is 16.8. The van der Waals surface area contributed by atoms with Crippen LogP contribution in [0.25, 0.3) is 22.2 Å². The Labute approximate surface area is 138 Å². The van der Waals surface area contributed by atoms with Gasteiger partial charge in [0.2, 0.25) is 5.88 Å². The van der Waals surface area contributed by atoms with Gasteiger partial charge in [-0.3, -0.25) is 0 Å². The molecule has 0 aliphatic heterocycles. The highest BCUT2D eigenvalue weighted by atomic mass is 19.1. The molecule has 124 valence electrons.